The average molecular weight is 222 g/mol. The molecule has 86 valence electrons. The first kappa shape index (κ1) is 14.2. The number of rotatable bonds is 11. The fourth-order valence-electron chi connectivity index (χ4n) is 0.828. The highest BCUT2D eigenvalue weighted by Crippen LogP contribution is 1.90. The highest BCUT2D eigenvalue weighted by atomic mass is 32.2. The van der Waals surface area contributed by atoms with E-state index in [1.165, 1.54) is 0 Å². The summed E-state index contributed by atoms with van der Waals surface area (Å²) in [7, 11) is 0. The summed E-state index contributed by atoms with van der Waals surface area (Å²) in [6, 6.07) is 0. The summed E-state index contributed by atoms with van der Waals surface area (Å²) < 4.78 is 15.9. The SMILES string of the molecule is CCCOCCOCCOCCSC. The Morgan fingerprint density at radius 1 is 0.786 bits per heavy atom. The van der Waals surface area contributed by atoms with Crippen LogP contribution in [0.2, 0.25) is 0 Å². The molecule has 0 unspecified atom stereocenters. The highest BCUT2D eigenvalue weighted by Gasteiger charge is 1.90. The molecule has 0 rings (SSSR count). The molecule has 0 aromatic carbocycles. The van der Waals surface area contributed by atoms with Gasteiger partial charge in [0, 0.05) is 12.4 Å². The lowest BCUT2D eigenvalue weighted by Gasteiger charge is -2.05. The summed E-state index contributed by atoms with van der Waals surface area (Å²) in [5.74, 6) is 1.06. The molecule has 0 amide bonds. The van der Waals surface area contributed by atoms with Crippen molar-refractivity contribution in [2.24, 2.45) is 0 Å². The van der Waals surface area contributed by atoms with Crippen LogP contribution in [-0.2, 0) is 14.2 Å². The Balaban J connectivity index is 2.78. The molecule has 0 heterocycles. The van der Waals surface area contributed by atoms with Gasteiger partial charge in [-0.15, -0.1) is 0 Å². The Hall–Kier alpha value is 0.230. The molecule has 0 aromatic heterocycles. The third-order valence-corrected chi connectivity index (χ3v) is 2.10. The number of ether oxygens (including phenoxy) is 3. The molecule has 0 bridgehead atoms. The summed E-state index contributed by atoms with van der Waals surface area (Å²) in [6.45, 7) is 6.47. The predicted octanol–water partition coefficient (Wildman–Crippen LogP) is 1.81. The van der Waals surface area contributed by atoms with E-state index < -0.39 is 0 Å². The van der Waals surface area contributed by atoms with E-state index in [1.807, 2.05) is 0 Å². The van der Waals surface area contributed by atoms with E-state index in [1.54, 1.807) is 11.8 Å². The fraction of sp³-hybridized carbons (Fsp3) is 1.00. The van der Waals surface area contributed by atoms with Gasteiger partial charge in [0.05, 0.1) is 33.0 Å². The second-order valence-corrected chi connectivity index (χ2v) is 3.82. The van der Waals surface area contributed by atoms with Crippen molar-refractivity contribution in [3.63, 3.8) is 0 Å². The van der Waals surface area contributed by atoms with Crippen LogP contribution in [0, 0.1) is 0 Å². The van der Waals surface area contributed by atoms with E-state index in [2.05, 4.69) is 13.2 Å². The van der Waals surface area contributed by atoms with Crippen molar-refractivity contribution in [2.75, 3.05) is 51.6 Å². The van der Waals surface area contributed by atoms with Gasteiger partial charge < -0.3 is 14.2 Å². The molecular formula is C10H22O3S. The van der Waals surface area contributed by atoms with Crippen molar-refractivity contribution in [2.45, 2.75) is 13.3 Å². The molecule has 4 heteroatoms. The Kier molecular flexibility index (Phi) is 13.4. The molecule has 3 nitrogen and oxygen atoms in total. The Morgan fingerprint density at radius 3 is 1.79 bits per heavy atom. The molecule has 0 aromatic rings. The second-order valence-electron chi connectivity index (χ2n) is 2.83. The first-order valence-corrected chi connectivity index (χ1v) is 6.53. The van der Waals surface area contributed by atoms with Crippen molar-refractivity contribution >= 4 is 11.8 Å². The Labute approximate surface area is 91.5 Å². The van der Waals surface area contributed by atoms with Crippen LogP contribution < -0.4 is 0 Å². The van der Waals surface area contributed by atoms with Gasteiger partial charge in [-0.25, -0.2) is 0 Å². The van der Waals surface area contributed by atoms with Gasteiger partial charge in [0.25, 0.3) is 0 Å². The monoisotopic (exact) mass is 222 g/mol. The van der Waals surface area contributed by atoms with Gasteiger partial charge in [-0.2, -0.15) is 11.8 Å². The Bertz CT molecular complexity index is 89.4. The minimum atomic E-state index is 0.671. The quantitative estimate of drug-likeness (QED) is 0.498. The molecule has 0 spiro atoms. The molecule has 0 N–H and O–H groups in total. The molecule has 0 radical (unpaired) electrons. The lowest BCUT2D eigenvalue weighted by molar-refractivity contribution is 0.0175. The smallest absolute Gasteiger partial charge is 0.0701 e. The van der Waals surface area contributed by atoms with E-state index in [0.717, 1.165) is 25.4 Å². The first-order chi connectivity index (χ1) is 6.91. The van der Waals surface area contributed by atoms with Crippen LogP contribution in [0.3, 0.4) is 0 Å². The minimum absolute atomic E-state index is 0.671. The molecule has 0 atom stereocenters. The summed E-state index contributed by atoms with van der Waals surface area (Å²) in [5, 5.41) is 0. The maximum absolute atomic E-state index is 5.32. The zero-order valence-electron chi connectivity index (χ0n) is 9.29. The summed E-state index contributed by atoms with van der Waals surface area (Å²) in [5.41, 5.74) is 0. The molecule has 0 saturated heterocycles. The van der Waals surface area contributed by atoms with Crippen molar-refractivity contribution in [1.82, 2.24) is 0 Å². The first-order valence-electron chi connectivity index (χ1n) is 5.14. The van der Waals surface area contributed by atoms with E-state index in [4.69, 9.17) is 14.2 Å². The number of thioether (sulfide) groups is 1. The van der Waals surface area contributed by atoms with Crippen LogP contribution >= 0.6 is 11.8 Å². The van der Waals surface area contributed by atoms with Crippen molar-refractivity contribution in [3.05, 3.63) is 0 Å². The van der Waals surface area contributed by atoms with Crippen LogP contribution in [0.25, 0.3) is 0 Å². The molecule has 0 fully saturated rings. The molecular weight excluding hydrogens is 200 g/mol. The average Bonchev–Trinajstić information content (AvgIpc) is 2.21. The number of hydrogen-bond acceptors (Lipinski definition) is 4. The van der Waals surface area contributed by atoms with Crippen LogP contribution in [0.5, 0.6) is 0 Å². The lowest BCUT2D eigenvalue weighted by Crippen LogP contribution is -2.10. The van der Waals surface area contributed by atoms with Crippen molar-refractivity contribution in [3.8, 4) is 0 Å². The van der Waals surface area contributed by atoms with Gasteiger partial charge in [0.15, 0.2) is 0 Å². The zero-order chi connectivity index (χ0) is 10.5. The van der Waals surface area contributed by atoms with Crippen molar-refractivity contribution in [1.29, 1.82) is 0 Å². The summed E-state index contributed by atoms with van der Waals surface area (Å²) in [4.78, 5) is 0. The minimum Gasteiger partial charge on any atom is -0.379 e. The summed E-state index contributed by atoms with van der Waals surface area (Å²) in [6.07, 6.45) is 3.14. The van der Waals surface area contributed by atoms with E-state index in [-0.39, 0.29) is 0 Å². The lowest BCUT2D eigenvalue weighted by atomic mass is 10.5. The van der Waals surface area contributed by atoms with Gasteiger partial charge in [0.2, 0.25) is 0 Å². The molecule has 0 saturated carbocycles. The van der Waals surface area contributed by atoms with Gasteiger partial charge >= 0.3 is 0 Å². The second kappa shape index (κ2) is 13.2. The standard InChI is InChI=1S/C10H22O3S/c1-3-4-11-5-6-12-7-8-13-9-10-14-2/h3-10H2,1-2H3. The van der Waals surface area contributed by atoms with Gasteiger partial charge in [0.1, 0.15) is 0 Å². The summed E-state index contributed by atoms with van der Waals surface area (Å²) >= 11 is 1.79. The third-order valence-electron chi connectivity index (χ3n) is 1.52. The van der Waals surface area contributed by atoms with Gasteiger partial charge in [-0.05, 0) is 12.7 Å². The van der Waals surface area contributed by atoms with Gasteiger partial charge in [-0.1, -0.05) is 6.92 Å². The van der Waals surface area contributed by atoms with E-state index >= 15 is 0 Å². The Morgan fingerprint density at radius 2 is 1.29 bits per heavy atom. The molecule has 0 aliphatic heterocycles. The predicted molar refractivity (Wildman–Crippen MR) is 61.1 cm³/mol. The van der Waals surface area contributed by atoms with Gasteiger partial charge in [-0.3, -0.25) is 0 Å². The topological polar surface area (TPSA) is 27.7 Å². The largest absolute Gasteiger partial charge is 0.379 e. The van der Waals surface area contributed by atoms with Crippen molar-refractivity contribution < 1.29 is 14.2 Å². The normalized spacial score (nSPS) is 10.7. The fourth-order valence-corrected chi connectivity index (χ4v) is 1.11. The number of hydrogen-bond donors (Lipinski definition) is 0. The maximum Gasteiger partial charge on any atom is 0.0701 e. The maximum atomic E-state index is 5.32. The van der Waals surface area contributed by atoms with Crippen LogP contribution in [0.15, 0.2) is 0 Å². The molecule has 14 heavy (non-hydrogen) atoms. The van der Waals surface area contributed by atoms with E-state index in [9.17, 15) is 0 Å². The third kappa shape index (κ3) is 12.2. The van der Waals surface area contributed by atoms with Crippen LogP contribution in [-0.4, -0.2) is 51.6 Å². The molecule has 0 aliphatic carbocycles. The van der Waals surface area contributed by atoms with Crippen LogP contribution in [0.1, 0.15) is 13.3 Å². The molecule has 0 aliphatic rings. The van der Waals surface area contributed by atoms with Crippen LogP contribution in [0.4, 0.5) is 0 Å². The highest BCUT2D eigenvalue weighted by molar-refractivity contribution is 7.98. The van der Waals surface area contributed by atoms with E-state index in [0.29, 0.717) is 26.4 Å². The zero-order valence-corrected chi connectivity index (χ0v) is 10.1.